The number of rotatable bonds is 7. The van der Waals surface area contributed by atoms with Crippen molar-refractivity contribution in [2.45, 2.75) is 46.1 Å². The number of hydrogen-bond acceptors (Lipinski definition) is 4. The van der Waals surface area contributed by atoms with E-state index in [1.54, 1.807) is 13.8 Å². The fourth-order valence-electron chi connectivity index (χ4n) is 1.71. The highest BCUT2D eigenvalue weighted by Crippen LogP contribution is 2.13. The number of hydrogen-bond donors (Lipinski definition) is 1. The molecule has 0 aromatic carbocycles. The highest BCUT2D eigenvalue weighted by molar-refractivity contribution is 5.88. The third kappa shape index (κ3) is 5.49. The summed E-state index contributed by atoms with van der Waals surface area (Å²) in [5.74, 6) is -0.265. The van der Waals surface area contributed by atoms with Gasteiger partial charge in [-0.05, 0) is 19.8 Å². The van der Waals surface area contributed by atoms with Gasteiger partial charge in [0.25, 0.3) is 0 Å². The normalized spacial score (nSPS) is 11.5. The first-order valence-corrected chi connectivity index (χ1v) is 6.41. The van der Waals surface area contributed by atoms with Crippen LogP contribution in [0.3, 0.4) is 0 Å². The molecule has 0 saturated carbocycles. The average molecular weight is 258 g/mol. The number of nitrogens with zero attached hydrogens (tertiary/aromatic N) is 1. The van der Waals surface area contributed by atoms with E-state index >= 15 is 0 Å². The predicted octanol–water partition coefficient (Wildman–Crippen LogP) is 1.16. The third-order valence-corrected chi connectivity index (χ3v) is 3.02. The quantitative estimate of drug-likeness (QED) is 0.696. The smallest absolute Gasteiger partial charge is 0.325 e. The molecule has 0 atom stereocenters. The maximum atomic E-state index is 12.2. The zero-order valence-electron chi connectivity index (χ0n) is 12.2. The Morgan fingerprint density at radius 2 is 1.78 bits per heavy atom. The van der Waals surface area contributed by atoms with Crippen molar-refractivity contribution in [1.29, 1.82) is 0 Å². The van der Waals surface area contributed by atoms with Crippen LogP contribution in [0, 0.1) is 5.92 Å². The van der Waals surface area contributed by atoms with E-state index < -0.39 is 11.5 Å². The van der Waals surface area contributed by atoms with E-state index in [1.807, 2.05) is 0 Å². The Labute approximate surface area is 110 Å². The first-order chi connectivity index (χ1) is 8.26. The summed E-state index contributed by atoms with van der Waals surface area (Å²) in [6.45, 7) is 7.94. The van der Waals surface area contributed by atoms with Crippen molar-refractivity contribution in [3.05, 3.63) is 0 Å². The Morgan fingerprint density at radius 3 is 2.11 bits per heavy atom. The van der Waals surface area contributed by atoms with E-state index in [-0.39, 0.29) is 12.5 Å². The minimum atomic E-state index is -0.972. The van der Waals surface area contributed by atoms with Gasteiger partial charge in [-0.2, -0.15) is 0 Å². The molecule has 1 amide bonds. The van der Waals surface area contributed by atoms with Crippen LogP contribution in [0.25, 0.3) is 0 Å². The van der Waals surface area contributed by atoms with Gasteiger partial charge in [-0.3, -0.25) is 9.59 Å². The maximum Gasteiger partial charge on any atom is 0.325 e. The van der Waals surface area contributed by atoms with Crippen molar-refractivity contribution in [2.75, 3.05) is 20.2 Å². The Bertz CT molecular complexity index is 280. The van der Waals surface area contributed by atoms with Gasteiger partial charge in [-0.15, -0.1) is 0 Å². The van der Waals surface area contributed by atoms with Gasteiger partial charge in [0, 0.05) is 6.54 Å². The second kappa shape index (κ2) is 7.36. The van der Waals surface area contributed by atoms with Gasteiger partial charge in [0.15, 0.2) is 0 Å². The molecule has 0 heterocycles. The summed E-state index contributed by atoms with van der Waals surface area (Å²) in [5.41, 5.74) is 4.84. The third-order valence-electron chi connectivity index (χ3n) is 3.02. The fraction of sp³-hybridized carbons (Fsp3) is 0.846. The highest BCUT2D eigenvalue weighted by atomic mass is 16.5. The number of amides is 1. The van der Waals surface area contributed by atoms with E-state index in [4.69, 9.17) is 5.73 Å². The molecule has 0 radical (unpaired) electrons. The first-order valence-electron chi connectivity index (χ1n) is 6.41. The molecule has 5 heteroatoms. The molecule has 106 valence electrons. The highest BCUT2D eigenvalue weighted by Gasteiger charge is 2.30. The van der Waals surface area contributed by atoms with Crippen LogP contribution < -0.4 is 5.73 Å². The molecule has 2 N–H and O–H groups in total. The lowest BCUT2D eigenvalue weighted by Crippen LogP contribution is -2.53. The second-order valence-corrected chi connectivity index (χ2v) is 5.17. The molecular weight excluding hydrogens is 232 g/mol. The summed E-state index contributed by atoms with van der Waals surface area (Å²) in [6, 6.07) is 0. The molecule has 0 saturated heterocycles. The first kappa shape index (κ1) is 16.9. The minimum Gasteiger partial charge on any atom is -0.468 e. The van der Waals surface area contributed by atoms with Crippen molar-refractivity contribution in [3.63, 3.8) is 0 Å². The molecule has 0 aromatic heterocycles. The van der Waals surface area contributed by atoms with Gasteiger partial charge in [0.2, 0.25) is 5.91 Å². The van der Waals surface area contributed by atoms with Gasteiger partial charge in [-0.25, -0.2) is 0 Å². The van der Waals surface area contributed by atoms with Crippen molar-refractivity contribution in [1.82, 2.24) is 4.90 Å². The summed E-state index contributed by atoms with van der Waals surface area (Å²) >= 11 is 0. The van der Waals surface area contributed by atoms with Gasteiger partial charge in [-0.1, -0.05) is 26.7 Å². The van der Waals surface area contributed by atoms with Crippen LogP contribution in [0.15, 0.2) is 0 Å². The SMILES string of the molecule is CCC(CC)CN(CC(=O)OC)C(=O)C(C)(C)N. The summed E-state index contributed by atoms with van der Waals surface area (Å²) in [7, 11) is 1.32. The molecule has 0 rings (SSSR count). The molecule has 0 aliphatic heterocycles. The molecule has 0 aromatic rings. The van der Waals surface area contributed by atoms with Gasteiger partial charge in [0.05, 0.1) is 12.6 Å². The predicted molar refractivity (Wildman–Crippen MR) is 70.9 cm³/mol. The number of esters is 1. The van der Waals surface area contributed by atoms with Gasteiger partial charge < -0.3 is 15.4 Å². The summed E-state index contributed by atoms with van der Waals surface area (Å²) in [5, 5.41) is 0. The number of carbonyl (C=O) groups excluding carboxylic acids is 2. The molecule has 0 aliphatic carbocycles. The van der Waals surface area contributed by atoms with Crippen LogP contribution in [0.4, 0.5) is 0 Å². The lowest BCUT2D eigenvalue weighted by atomic mass is 10.00. The van der Waals surface area contributed by atoms with Crippen LogP contribution in [-0.2, 0) is 14.3 Å². The van der Waals surface area contributed by atoms with Crippen LogP contribution in [0.2, 0.25) is 0 Å². The maximum absolute atomic E-state index is 12.2. The van der Waals surface area contributed by atoms with E-state index in [1.165, 1.54) is 12.0 Å². The van der Waals surface area contributed by atoms with Crippen LogP contribution in [0.5, 0.6) is 0 Å². The van der Waals surface area contributed by atoms with Crippen LogP contribution in [-0.4, -0.2) is 42.5 Å². The zero-order valence-corrected chi connectivity index (χ0v) is 12.2. The van der Waals surface area contributed by atoms with Crippen molar-refractivity contribution in [3.8, 4) is 0 Å². The molecule has 0 bridgehead atoms. The molecule has 18 heavy (non-hydrogen) atoms. The Morgan fingerprint density at radius 1 is 1.28 bits per heavy atom. The van der Waals surface area contributed by atoms with Gasteiger partial charge in [0.1, 0.15) is 6.54 Å². The van der Waals surface area contributed by atoms with E-state index in [0.29, 0.717) is 12.5 Å². The minimum absolute atomic E-state index is 0.0353. The van der Waals surface area contributed by atoms with Crippen molar-refractivity contribution >= 4 is 11.9 Å². The lowest BCUT2D eigenvalue weighted by Gasteiger charge is -2.31. The standard InChI is InChI=1S/C13H26N2O3/c1-6-10(7-2)8-15(9-11(16)18-5)12(17)13(3,4)14/h10H,6-9,14H2,1-5H3. The molecule has 0 spiro atoms. The van der Waals surface area contributed by atoms with Crippen LogP contribution >= 0.6 is 0 Å². The van der Waals surface area contributed by atoms with Crippen LogP contribution in [0.1, 0.15) is 40.5 Å². The summed E-state index contributed by atoms with van der Waals surface area (Å²) in [4.78, 5) is 25.0. The Balaban J connectivity index is 4.82. The number of carbonyl (C=O) groups is 2. The van der Waals surface area contributed by atoms with Gasteiger partial charge >= 0.3 is 5.97 Å². The number of methoxy groups -OCH3 is 1. The summed E-state index contributed by atoms with van der Waals surface area (Å²) in [6.07, 6.45) is 1.93. The zero-order chi connectivity index (χ0) is 14.3. The second-order valence-electron chi connectivity index (χ2n) is 5.17. The molecule has 5 nitrogen and oxygen atoms in total. The van der Waals surface area contributed by atoms with E-state index in [0.717, 1.165) is 12.8 Å². The molecule has 0 unspecified atom stereocenters. The Kier molecular flexibility index (Phi) is 6.91. The van der Waals surface area contributed by atoms with Crippen molar-refractivity contribution in [2.24, 2.45) is 11.7 Å². The van der Waals surface area contributed by atoms with E-state index in [2.05, 4.69) is 18.6 Å². The molecule has 0 fully saturated rings. The molecule has 0 aliphatic rings. The fourth-order valence-corrected chi connectivity index (χ4v) is 1.71. The molecular formula is C13H26N2O3. The topological polar surface area (TPSA) is 72.6 Å². The van der Waals surface area contributed by atoms with E-state index in [9.17, 15) is 9.59 Å². The lowest BCUT2D eigenvalue weighted by molar-refractivity contribution is -0.149. The largest absolute Gasteiger partial charge is 0.468 e. The average Bonchev–Trinajstić information content (AvgIpc) is 2.31. The summed E-state index contributed by atoms with van der Waals surface area (Å²) < 4.78 is 4.62. The Hall–Kier alpha value is -1.10. The number of nitrogens with two attached hydrogens (primary N) is 1. The number of ether oxygens (including phenoxy) is 1. The monoisotopic (exact) mass is 258 g/mol. The van der Waals surface area contributed by atoms with Crippen molar-refractivity contribution < 1.29 is 14.3 Å².